The summed E-state index contributed by atoms with van der Waals surface area (Å²) in [7, 11) is -3.60. The van der Waals surface area contributed by atoms with Crippen molar-refractivity contribution < 1.29 is 8.42 Å². The molecule has 2 heterocycles. The van der Waals surface area contributed by atoms with Gasteiger partial charge in [-0.25, -0.2) is 8.42 Å². The van der Waals surface area contributed by atoms with Crippen molar-refractivity contribution in [1.82, 2.24) is 10.2 Å². The molecule has 7 heteroatoms. The van der Waals surface area contributed by atoms with Crippen LogP contribution in [0.5, 0.6) is 0 Å². The Kier molecular flexibility index (Phi) is 6.32. The molecule has 4 rings (SSSR count). The minimum absolute atomic E-state index is 0.494. The first-order valence-electron chi connectivity index (χ1n) is 10.4. The normalized spacial score (nSPS) is 15.3. The number of hydrogen-bond donors (Lipinski definition) is 1. The average Bonchev–Trinajstić information content (AvgIpc) is 2.80. The highest BCUT2D eigenvalue weighted by Crippen LogP contribution is 2.24. The van der Waals surface area contributed by atoms with Gasteiger partial charge in [0.25, 0.3) is 10.0 Å². The molecule has 1 fully saturated rings. The van der Waals surface area contributed by atoms with Crippen molar-refractivity contribution in [3.63, 3.8) is 0 Å². The van der Waals surface area contributed by atoms with Crippen LogP contribution in [0, 0.1) is 5.92 Å². The number of nitrogens with zero attached hydrogens (tertiary/aromatic N) is 3. The zero-order valence-corrected chi connectivity index (χ0v) is 18.3. The second-order valence-electron chi connectivity index (χ2n) is 7.88. The van der Waals surface area contributed by atoms with Crippen LogP contribution in [0.1, 0.15) is 25.3 Å². The molecule has 0 atom stereocenters. The topological polar surface area (TPSA) is 75.2 Å². The summed E-state index contributed by atoms with van der Waals surface area (Å²) in [5, 5.41) is 9.93. The molecule has 0 amide bonds. The smallest absolute Gasteiger partial charge is 0.255 e. The van der Waals surface area contributed by atoms with Gasteiger partial charge in [0.05, 0.1) is 11.1 Å². The lowest BCUT2D eigenvalue weighted by molar-refractivity contribution is 0.436. The third-order valence-electron chi connectivity index (χ3n) is 5.44. The summed E-state index contributed by atoms with van der Waals surface area (Å²) >= 11 is 0. The van der Waals surface area contributed by atoms with Gasteiger partial charge in [0.1, 0.15) is 0 Å². The quantitative estimate of drug-likeness (QED) is 0.604. The van der Waals surface area contributed by atoms with Gasteiger partial charge in [0, 0.05) is 24.3 Å². The Balaban J connectivity index is 1.40. The Labute approximate surface area is 183 Å². The standard InChI is InChI=1S/C24H26N4O2S/c1-19-13-16-28(17-14-19)24-12-11-23(25-26-24)21-7-9-22(10-8-21)27-31(29,30)18-15-20-5-3-2-4-6-20/h2-12,15,18-19,27H,13-14,16-17H2,1H3/b18-15+. The van der Waals surface area contributed by atoms with Crippen LogP contribution in [0.2, 0.25) is 0 Å². The Bertz CT molecular complexity index is 1120. The summed E-state index contributed by atoms with van der Waals surface area (Å²) in [6.07, 6.45) is 3.93. The van der Waals surface area contributed by atoms with Crippen LogP contribution < -0.4 is 9.62 Å². The van der Waals surface area contributed by atoms with Crippen molar-refractivity contribution in [1.29, 1.82) is 0 Å². The lowest BCUT2D eigenvalue weighted by atomic mass is 9.99. The summed E-state index contributed by atoms with van der Waals surface area (Å²) in [6, 6.07) is 20.4. The monoisotopic (exact) mass is 434 g/mol. The van der Waals surface area contributed by atoms with E-state index in [4.69, 9.17) is 0 Å². The van der Waals surface area contributed by atoms with Gasteiger partial charge in [0.15, 0.2) is 5.82 Å². The second-order valence-corrected chi connectivity index (χ2v) is 9.45. The highest BCUT2D eigenvalue weighted by Gasteiger charge is 2.17. The van der Waals surface area contributed by atoms with Gasteiger partial charge in [-0.3, -0.25) is 4.72 Å². The number of aromatic nitrogens is 2. The molecular formula is C24H26N4O2S. The van der Waals surface area contributed by atoms with E-state index < -0.39 is 10.0 Å². The van der Waals surface area contributed by atoms with Crippen LogP contribution in [0.25, 0.3) is 17.3 Å². The molecule has 31 heavy (non-hydrogen) atoms. The first-order valence-corrected chi connectivity index (χ1v) is 12.0. The van der Waals surface area contributed by atoms with Crippen molar-refractivity contribution in [2.24, 2.45) is 5.92 Å². The lowest BCUT2D eigenvalue weighted by Crippen LogP contribution is -2.33. The highest BCUT2D eigenvalue weighted by atomic mass is 32.2. The molecule has 1 aromatic heterocycles. The fourth-order valence-electron chi connectivity index (χ4n) is 3.53. The fourth-order valence-corrected chi connectivity index (χ4v) is 4.39. The van der Waals surface area contributed by atoms with Crippen molar-refractivity contribution in [3.05, 3.63) is 77.7 Å². The van der Waals surface area contributed by atoms with Crippen molar-refractivity contribution in [2.75, 3.05) is 22.7 Å². The predicted octanol–water partition coefficient (Wildman–Crippen LogP) is 4.79. The largest absolute Gasteiger partial charge is 0.355 e. The van der Waals surface area contributed by atoms with E-state index in [1.807, 2.05) is 54.6 Å². The third-order valence-corrected chi connectivity index (χ3v) is 6.45. The van der Waals surface area contributed by atoms with Gasteiger partial charge >= 0.3 is 0 Å². The first kappa shape index (κ1) is 21.1. The van der Waals surface area contributed by atoms with E-state index in [0.29, 0.717) is 5.69 Å². The van der Waals surface area contributed by atoms with Crippen LogP contribution in [0.4, 0.5) is 11.5 Å². The number of hydrogen-bond acceptors (Lipinski definition) is 5. The molecule has 3 aromatic rings. The summed E-state index contributed by atoms with van der Waals surface area (Å²) in [6.45, 7) is 4.32. The van der Waals surface area contributed by atoms with E-state index in [1.54, 1.807) is 18.2 Å². The summed E-state index contributed by atoms with van der Waals surface area (Å²) in [5.41, 5.74) is 2.96. The van der Waals surface area contributed by atoms with Gasteiger partial charge in [0.2, 0.25) is 0 Å². The average molecular weight is 435 g/mol. The molecule has 0 spiro atoms. The third kappa shape index (κ3) is 5.70. The molecule has 0 radical (unpaired) electrons. The maximum Gasteiger partial charge on any atom is 0.255 e. The fraction of sp³-hybridized carbons (Fsp3) is 0.250. The number of benzene rings is 2. The summed E-state index contributed by atoms with van der Waals surface area (Å²) in [4.78, 5) is 2.28. The molecule has 0 bridgehead atoms. The van der Waals surface area contributed by atoms with Crippen LogP contribution >= 0.6 is 0 Å². The van der Waals surface area contributed by atoms with Crippen LogP contribution in [-0.4, -0.2) is 31.7 Å². The van der Waals surface area contributed by atoms with Crippen LogP contribution in [-0.2, 0) is 10.0 Å². The molecule has 0 unspecified atom stereocenters. The molecular weight excluding hydrogens is 408 g/mol. The van der Waals surface area contributed by atoms with Crippen molar-refractivity contribution in [3.8, 4) is 11.3 Å². The molecule has 6 nitrogen and oxygen atoms in total. The van der Waals surface area contributed by atoms with Gasteiger partial charge < -0.3 is 4.90 Å². The molecule has 0 saturated carbocycles. The number of anilines is 2. The van der Waals surface area contributed by atoms with Gasteiger partial charge in [-0.2, -0.15) is 0 Å². The van der Waals surface area contributed by atoms with Gasteiger partial charge in [-0.15, -0.1) is 10.2 Å². The maximum absolute atomic E-state index is 12.3. The SMILES string of the molecule is CC1CCN(c2ccc(-c3ccc(NS(=O)(=O)/C=C/c4ccccc4)cc3)nn2)CC1. The minimum atomic E-state index is -3.60. The Morgan fingerprint density at radius 3 is 2.29 bits per heavy atom. The van der Waals surface area contributed by atoms with Gasteiger partial charge in [-0.1, -0.05) is 49.4 Å². The molecule has 1 aliphatic heterocycles. The number of piperidine rings is 1. The molecule has 160 valence electrons. The van der Waals surface area contributed by atoms with E-state index in [1.165, 1.54) is 18.2 Å². The van der Waals surface area contributed by atoms with E-state index in [-0.39, 0.29) is 0 Å². The number of nitrogens with one attached hydrogen (secondary N) is 1. The van der Waals surface area contributed by atoms with Crippen molar-refractivity contribution >= 4 is 27.6 Å². The number of rotatable bonds is 6. The Morgan fingerprint density at radius 2 is 1.65 bits per heavy atom. The molecule has 1 saturated heterocycles. The zero-order chi connectivity index (χ0) is 21.7. The second kappa shape index (κ2) is 9.31. The van der Waals surface area contributed by atoms with Crippen molar-refractivity contribution in [2.45, 2.75) is 19.8 Å². The molecule has 1 aliphatic rings. The van der Waals surface area contributed by atoms with E-state index in [9.17, 15) is 8.42 Å². The lowest BCUT2D eigenvalue weighted by Gasteiger charge is -2.30. The van der Waals surface area contributed by atoms with Crippen LogP contribution in [0.15, 0.2) is 72.1 Å². The summed E-state index contributed by atoms with van der Waals surface area (Å²) < 4.78 is 27.2. The maximum atomic E-state index is 12.3. The molecule has 0 aliphatic carbocycles. The van der Waals surface area contributed by atoms with E-state index in [0.717, 1.165) is 41.6 Å². The minimum Gasteiger partial charge on any atom is -0.355 e. The first-order chi connectivity index (χ1) is 15.0. The Morgan fingerprint density at radius 1 is 0.935 bits per heavy atom. The van der Waals surface area contributed by atoms with Crippen LogP contribution in [0.3, 0.4) is 0 Å². The van der Waals surface area contributed by atoms with E-state index in [2.05, 4.69) is 26.7 Å². The van der Waals surface area contributed by atoms with E-state index >= 15 is 0 Å². The Hall–Kier alpha value is -3.19. The summed E-state index contributed by atoms with van der Waals surface area (Å²) in [5.74, 6) is 1.68. The van der Waals surface area contributed by atoms with Gasteiger partial charge in [-0.05, 0) is 54.7 Å². The molecule has 1 N–H and O–H groups in total. The predicted molar refractivity (Wildman–Crippen MR) is 126 cm³/mol. The zero-order valence-electron chi connectivity index (χ0n) is 17.5. The highest BCUT2D eigenvalue weighted by molar-refractivity contribution is 7.95. The molecule has 2 aromatic carbocycles. The number of sulfonamides is 1.